The molecule has 0 aliphatic rings. The summed E-state index contributed by atoms with van der Waals surface area (Å²) in [6.07, 6.45) is 75.6. The lowest BCUT2D eigenvalue weighted by Gasteiger charge is -2.28. The summed E-state index contributed by atoms with van der Waals surface area (Å²) >= 11 is 0. The zero-order valence-electron chi connectivity index (χ0n) is 70.8. The van der Waals surface area contributed by atoms with Crippen LogP contribution in [0.3, 0.4) is 0 Å². The van der Waals surface area contributed by atoms with Crippen LogP contribution in [-0.4, -0.2) is 74.6 Å². The molecular formula is C96H172N2O8. The highest BCUT2D eigenvalue weighted by molar-refractivity contribution is 5.88. The van der Waals surface area contributed by atoms with Gasteiger partial charge in [-0.1, -0.05) is 405 Å². The molecule has 106 heavy (non-hydrogen) atoms. The molecule has 1 amide bonds. The molecule has 10 heteroatoms. The van der Waals surface area contributed by atoms with Crippen molar-refractivity contribution in [3.8, 4) is 11.5 Å². The monoisotopic (exact) mass is 1480 g/mol. The number of ether oxygens (including phenoxy) is 4. The highest BCUT2D eigenvalue weighted by atomic mass is 16.6. The highest BCUT2D eigenvalue weighted by Crippen LogP contribution is 2.36. The van der Waals surface area contributed by atoms with Crippen molar-refractivity contribution in [2.24, 2.45) is 23.7 Å². The minimum absolute atomic E-state index is 0.108. The predicted octanol–water partition coefficient (Wildman–Crippen LogP) is 28.1. The van der Waals surface area contributed by atoms with E-state index in [1.807, 2.05) is 67.6 Å². The first-order valence-electron chi connectivity index (χ1n) is 46.2. The van der Waals surface area contributed by atoms with Gasteiger partial charge in [0.05, 0.1) is 12.1 Å². The van der Waals surface area contributed by atoms with Crippen LogP contribution in [0.1, 0.15) is 440 Å². The van der Waals surface area contributed by atoms with E-state index in [1.54, 1.807) is 0 Å². The maximum Gasteiger partial charge on any atom is 0.305 e. The Morgan fingerprint density at radius 1 is 0.340 bits per heavy atom. The van der Waals surface area contributed by atoms with Crippen LogP contribution in [0.5, 0.6) is 11.5 Å². The Bertz CT molecular complexity index is 2250. The zero-order chi connectivity index (χ0) is 76.5. The van der Waals surface area contributed by atoms with E-state index in [1.165, 1.54) is 308 Å². The molecule has 0 fully saturated rings. The maximum absolute atomic E-state index is 13.7. The normalized spacial score (nSPS) is 13.6. The molecule has 6 unspecified atom stereocenters. The molecule has 0 radical (unpaired) electrons. The molecule has 2 aromatic rings. The fourth-order valence-electron chi connectivity index (χ4n) is 16.2. The van der Waals surface area contributed by atoms with Gasteiger partial charge in [-0.3, -0.25) is 19.2 Å². The summed E-state index contributed by atoms with van der Waals surface area (Å²) in [6.45, 7) is 18.1. The predicted molar refractivity (Wildman–Crippen MR) is 454 cm³/mol. The number of nitrogens with one attached hydrogen (secondary N) is 2. The van der Waals surface area contributed by atoms with Crippen LogP contribution < -0.4 is 20.1 Å². The number of esters is 1. The van der Waals surface area contributed by atoms with E-state index in [2.05, 4.69) is 52.2 Å². The summed E-state index contributed by atoms with van der Waals surface area (Å²) in [5.74, 6) is 5.59. The highest BCUT2D eigenvalue weighted by Gasteiger charge is 2.30. The first kappa shape index (κ1) is 98.3. The van der Waals surface area contributed by atoms with Gasteiger partial charge in [0.1, 0.15) is 37.4 Å². The van der Waals surface area contributed by atoms with Gasteiger partial charge in [-0.15, -0.1) is 0 Å². The Labute approximate surface area is 655 Å². The number of hydrogen-bond acceptors (Lipinski definition) is 9. The Hall–Kier alpha value is -3.76. The third-order valence-corrected chi connectivity index (χ3v) is 23.5. The first-order valence-corrected chi connectivity index (χ1v) is 46.2. The summed E-state index contributed by atoms with van der Waals surface area (Å²) in [7, 11) is 0. The van der Waals surface area contributed by atoms with E-state index < -0.39 is 5.54 Å². The van der Waals surface area contributed by atoms with Crippen molar-refractivity contribution in [1.82, 2.24) is 10.6 Å². The largest absolute Gasteiger partial charge is 0.491 e. The van der Waals surface area contributed by atoms with E-state index in [4.69, 9.17) is 18.9 Å². The van der Waals surface area contributed by atoms with Gasteiger partial charge in [-0.05, 0) is 93.9 Å². The summed E-state index contributed by atoms with van der Waals surface area (Å²) in [5, 5.41) is 6.74. The molecule has 614 valence electrons. The molecule has 6 atom stereocenters. The van der Waals surface area contributed by atoms with Crippen LogP contribution in [0.15, 0.2) is 60.7 Å². The minimum atomic E-state index is -0.552. The van der Waals surface area contributed by atoms with Crippen LogP contribution in [0, 0.1) is 23.7 Å². The van der Waals surface area contributed by atoms with Crippen LogP contribution in [-0.2, 0) is 28.7 Å². The third-order valence-electron chi connectivity index (χ3n) is 23.5. The van der Waals surface area contributed by atoms with Gasteiger partial charge in [-0.25, -0.2) is 0 Å². The van der Waals surface area contributed by atoms with Gasteiger partial charge in [0, 0.05) is 38.8 Å². The van der Waals surface area contributed by atoms with E-state index in [0.29, 0.717) is 71.0 Å². The molecular weight excluding hydrogens is 1310 g/mol. The fourth-order valence-corrected chi connectivity index (χ4v) is 16.2. The number of unbranched alkanes of at least 4 members (excludes halogenated alkanes) is 40. The fraction of sp³-hybridized carbons (Fsp3) is 0.833. The average Bonchev–Trinajstić information content (AvgIpc) is 0.876. The summed E-state index contributed by atoms with van der Waals surface area (Å²) in [5.41, 5.74) is -0.552. The SMILES string of the molecule is CCCCCCCCC(CCCCCCCCC(=O)NCCNC(C)(CC)C(=O)CCCCCCCCC(CCCCCCCC)C(CCCCCCCC)CCCCCCCCC(=O)OCCOc1ccccc1)C(CCCCCCCC)CCCCCCCCC(=O)C(C)OCCOc1ccccc1. The van der Waals surface area contributed by atoms with Gasteiger partial charge in [-0.2, -0.15) is 0 Å². The number of benzene rings is 2. The topological polar surface area (TPSA) is 129 Å². The van der Waals surface area contributed by atoms with Crippen LogP contribution in [0.4, 0.5) is 0 Å². The quantitative estimate of drug-likeness (QED) is 0.0491. The van der Waals surface area contributed by atoms with E-state index >= 15 is 0 Å². The summed E-state index contributed by atoms with van der Waals surface area (Å²) < 4.78 is 22.6. The second-order valence-electron chi connectivity index (χ2n) is 32.8. The van der Waals surface area contributed by atoms with Crippen molar-refractivity contribution in [3.05, 3.63) is 60.7 Å². The van der Waals surface area contributed by atoms with Crippen molar-refractivity contribution < 1.29 is 38.1 Å². The van der Waals surface area contributed by atoms with Crippen molar-refractivity contribution in [2.45, 2.75) is 452 Å². The lowest BCUT2D eigenvalue weighted by molar-refractivity contribution is -0.144. The molecule has 2 aromatic carbocycles. The van der Waals surface area contributed by atoms with Crippen molar-refractivity contribution in [3.63, 3.8) is 0 Å². The van der Waals surface area contributed by atoms with Gasteiger partial charge >= 0.3 is 5.97 Å². The van der Waals surface area contributed by atoms with Crippen LogP contribution in [0.25, 0.3) is 0 Å². The minimum Gasteiger partial charge on any atom is -0.491 e. The number of carbonyl (C=O) groups excluding carboxylic acids is 4. The number of rotatable bonds is 82. The molecule has 2 N–H and O–H groups in total. The number of ketones is 2. The van der Waals surface area contributed by atoms with E-state index in [-0.39, 0.29) is 23.8 Å². The first-order chi connectivity index (χ1) is 52.0. The molecule has 0 aliphatic carbocycles. The van der Waals surface area contributed by atoms with Crippen molar-refractivity contribution in [2.75, 3.05) is 39.5 Å². The second-order valence-corrected chi connectivity index (χ2v) is 32.8. The van der Waals surface area contributed by atoms with Gasteiger partial charge in [0.2, 0.25) is 5.91 Å². The lowest BCUT2D eigenvalue weighted by atomic mass is 9.78. The summed E-state index contributed by atoms with van der Waals surface area (Å²) in [4.78, 5) is 51.8. The molecule has 10 nitrogen and oxygen atoms in total. The smallest absolute Gasteiger partial charge is 0.305 e. The number of carbonyl (C=O) groups is 4. The number of Topliss-reactive ketones (excluding diaryl/α,β-unsaturated/α-hetero) is 2. The maximum atomic E-state index is 13.7. The van der Waals surface area contributed by atoms with Gasteiger partial charge < -0.3 is 29.6 Å². The van der Waals surface area contributed by atoms with Gasteiger partial charge in [0.15, 0.2) is 11.6 Å². The Kier molecular flexibility index (Phi) is 67.5. The molecule has 0 heterocycles. The Morgan fingerprint density at radius 3 is 0.991 bits per heavy atom. The molecule has 0 saturated carbocycles. The lowest BCUT2D eigenvalue weighted by Crippen LogP contribution is -2.51. The standard InChI is InChI=1S/C96H172N2O8/c1-8-13-17-21-33-47-63-86(67-51-37-25-29-41-59-75-92(99)85(6)103-81-82-104-90-71-55-45-56-72-90)88(65-49-35-23-19-15-10-3)69-53-39-27-31-43-61-77-94(101)97-79-80-98-96(7,12-5)93(100)76-60-42-30-26-38-52-68-87(64-48-34-22-18-14-9-2)89(66-50-36-24-20-16-11-4)70-54-40-28-32-44-62-78-95(102)106-84-83-105-91-73-57-46-58-74-91/h45-46,55-58,71-74,85-89,98H,8-44,47-54,59-70,75-84H2,1-7H3,(H,97,101). The number of amides is 1. The molecule has 0 saturated heterocycles. The third kappa shape index (κ3) is 57.3. The van der Waals surface area contributed by atoms with Gasteiger partial charge in [0.25, 0.3) is 0 Å². The van der Waals surface area contributed by atoms with Crippen LogP contribution >= 0.6 is 0 Å². The molecule has 0 spiro atoms. The zero-order valence-corrected chi connectivity index (χ0v) is 70.8. The summed E-state index contributed by atoms with van der Waals surface area (Å²) in [6, 6.07) is 19.5. The number of para-hydroxylation sites is 2. The molecule has 0 aromatic heterocycles. The van der Waals surface area contributed by atoms with Crippen LogP contribution in [0.2, 0.25) is 0 Å². The van der Waals surface area contributed by atoms with E-state index in [9.17, 15) is 19.2 Å². The average molecular weight is 1480 g/mol. The molecule has 0 bridgehead atoms. The van der Waals surface area contributed by atoms with Crippen molar-refractivity contribution >= 4 is 23.4 Å². The number of hydrogen-bond donors (Lipinski definition) is 2. The Morgan fingerprint density at radius 2 is 0.642 bits per heavy atom. The molecule has 2 rings (SSSR count). The van der Waals surface area contributed by atoms with E-state index in [0.717, 1.165) is 93.0 Å². The molecule has 0 aliphatic heterocycles. The van der Waals surface area contributed by atoms with Crippen molar-refractivity contribution in [1.29, 1.82) is 0 Å². The second kappa shape index (κ2) is 72.8. The Balaban J connectivity index is 1.73.